The molecule has 14 heavy (non-hydrogen) atoms. The van der Waals surface area contributed by atoms with Crippen LogP contribution in [0.4, 0.5) is 0 Å². The van der Waals surface area contributed by atoms with Gasteiger partial charge in [0.25, 0.3) is 0 Å². The molecule has 1 atom stereocenters. The molecule has 0 aromatic carbocycles. The molecule has 0 saturated heterocycles. The van der Waals surface area contributed by atoms with E-state index < -0.39 is 0 Å². The predicted molar refractivity (Wildman–Crippen MR) is 60.7 cm³/mol. The van der Waals surface area contributed by atoms with E-state index in [0.717, 1.165) is 5.56 Å². The molecular weight excluding hydrogens is 219 g/mol. The van der Waals surface area contributed by atoms with Crippen LogP contribution in [-0.2, 0) is 0 Å². The van der Waals surface area contributed by atoms with E-state index in [1.54, 1.807) is 12.3 Å². The van der Waals surface area contributed by atoms with Gasteiger partial charge in [-0.05, 0) is 18.6 Å². The van der Waals surface area contributed by atoms with Gasteiger partial charge in [0.05, 0.1) is 0 Å². The van der Waals surface area contributed by atoms with Gasteiger partial charge < -0.3 is 5.32 Å². The lowest BCUT2D eigenvalue weighted by Gasteiger charge is -2.12. The van der Waals surface area contributed by atoms with Crippen molar-refractivity contribution >= 4 is 23.2 Å². The molecule has 1 N–H and O–H groups in total. The number of halogens is 2. The Bertz CT molecular complexity index is 308. The van der Waals surface area contributed by atoms with E-state index in [-0.39, 0.29) is 6.04 Å². The molecule has 1 aromatic rings. The molecule has 0 fully saturated rings. The minimum Gasteiger partial charge on any atom is -0.305 e. The maximum Gasteiger partial charge on any atom is 0.129 e. The van der Waals surface area contributed by atoms with Crippen molar-refractivity contribution < 1.29 is 0 Å². The second-order valence-corrected chi connectivity index (χ2v) is 3.96. The summed E-state index contributed by atoms with van der Waals surface area (Å²) in [4.78, 5) is 4.00. The summed E-state index contributed by atoms with van der Waals surface area (Å²) < 4.78 is 0. The van der Waals surface area contributed by atoms with E-state index in [4.69, 9.17) is 23.2 Å². The second kappa shape index (κ2) is 5.35. The SMILES string of the molecule is C=C(Cl)CNC(C)c1ccc(Cl)nc1. The van der Waals surface area contributed by atoms with Gasteiger partial charge in [-0.1, -0.05) is 35.8 Å². The van der Waals surface area contributed by atoms with Gasteiger partial charge >= 0.3 is 0 Å². The van der Waals surface area contributed by atoms with Crippen molar-refractivity contribution in [2.45, 2.75) is 13.0 Å². The number of pyridine rings is 1. The molecule has 0 amide bonds. The smallest absolute Gasteiger partial charge is 0.129 e. The van der Waals surface area contributed by atoms with Crippen molar-refractivity contribution in [1.29, 1.82) is 0 Å². The first kappa shape index (κ1) is 11.5. The van der Waals surface area contributed by atoms with Crippen LogP contribution in [0.3, 0.4) is 0 Å². The summed E-state index contributed by atoms with van der Waals surface area (Å²) in [6, 6.07) is 3.89. The molecule has 1 unspecified atom stereocenters. The molecule has 2 nitrogen and oxygen atoms in total. The van der Waals surface area contributed by atoms with Crippen molar-refractivity contribution in [3.05, 3.63) is 40.7 Å². The highest BCUT2D eigenvalue weighted by molar-refractivity contribution is 6.29. The zero-order valence-corrected chi connectivity index (χ0v) is 9.44. The van der Waals surface area contributed by atoms with Gasteiger partial charge in [0.2, 0.25) is 0 Å². The number of rotatable bonds is 4. The number of hydrogen-bond acceptors (Lipinski definition) is 2. The number of hydrogen-bond donors (Lipinski definition) is 1. The Balaban J connectivity index is 2.56. The Morgan fingerprint density at radius 1 is 1.64 bits per heavy atom. The summed E-state index contributed by atoms with van der Waals surface area (Å²) in [5.74, 6) is 0. The standard InChI is InChI=1S/C10H12Cl2N2/c1-7(11)5-13-8(2)9-3-4-10(12)14-6-9/h3-4,6,8,13H,1,5H2,2H3. The quantitative estimate of drug-likeness (QED) is 0.805. The molecule has 76 valence electrons. The first-order valence-corrected chi connectivity index (χ1v) is 5.03. The van der Waals surface area contributed by atoms with Gasteiger partial charge in [0.1, 0.15) is 5.15 Å². The monoisotopic (exact) mass is 230 g/mol. The summed E-state index contributed by atoms with van der Waals surface area (Å²) in [5, 5.41) is 4.30. The first-order chi connectivity index (χ1) is 6.59. The fraction of sp³-hybridized carbons (Fsp3) is 0.300. The lowest BCUT2D eigenvalue weighted by Crippen LogP contribution is -2.19. The second-order valence-electron chi connectivity index (χ2n) is 3.03. The number of aromatic nitrogens is 1. The van der Waals surface area contributed by atoms with Crippen LogP contribution < -0.4 is 5.32 Å². The zero-order valence-electron chi connectivity index (χ0n) is 7.93. The van der Waals surface area contributed by atoms with Crippen LogP contribution in [0.15, 0.2) is 29.9 Å². The van der Waals surface area contributed by atoms with E-state index in [9.17, 15) is 0 Å². The van der Waals surface area contributed by atoms with Gasteiger partial charge in [-0.25, -0.2) is 4.98 Å². The van der Waals surface area contributed by atoms with Gasteiger partial charge in [0, 0.05) is 23.8 Å². The Morgan fingerprint density at radius 3 is 2.86 bits per heavy atom. The van der Waals surface area contributed by atoms with Crippen molar-refractivity contribution in [3.8, 4) is 0 Å². The molecule has 1 aromatic heterocycles. The summed E-state index contributed by atoms with van der Waals surface area (Å²) in [5.41, 5.74) is 1.08. The van der Waals surface area contributed by atoms with Gasteiger partial charge in [-0.15, -0.1) is 0 Å². The molecule has 0 aliphatic rings. The maximum atomic E-state index is 5.68. The summed E-state index contributed by atoms with van der Waals surface area (Å²) >= 11 is 11.3. The van der Waals surface area contributed by atoms with Crippen LogP contribution in [0.2, 0.25) is 5.15 Å². The van der Waals surface area contributed by atoms with E-state index >= 15 is 0 Å². The summed E-state index contributed by atoms with van der Waals surface area (Å²) in [6.45, 7) is 6.22. The Hall–Kier alpha value is -0.570. The largest absolute Gasteiger partial charge is 0.305 e. The molecule has 1 heterocycles. The van der Waals surface area contributed by atoms with Gasteiger partial charge in [-0.3, -0.25) is 0 Å². The summed E-state index contributed by atoms with van der Waals surface area (Å²) in [6.07, 6.45) is 1.75. The van der Waals surface area contributed by atoms with E-state index in [1.165, 1.54) is 0 Å². The molecule has 0 bridgehead atoms. The van der Waals surface area contributed by atoms with Crippen LogP contribution >= 0.6 is 23.2 Å². The Kier molecular flexibility index (Phi) is 4.39. The number of nitrogens with zero attached hydrogens (tertiary/aromatic N) is 1. The van der Waals surface area contributed by atoms with Crippen molar-refractivity contribution in [2.24, 2.45) is 0 Å². The molecule has 0 aliphatic heterocycles. The first-order valence-electron chi connectivity index (χ1n) is 4.27. The maximum absolute atomic E-state index is 5.68. The van der Waals surface area contributed by atoms with Crippen LogP contribution in [-0.4, -0.2) is 11.5 Å². The van der Waals surface area contributed by atoms with Crippen molar-refractivity contribution in [3.63, 3.8) is 0 Å². The molecule has 4 heteroatoms. The average Bonchev–Trinajstić information content (AvgIpc) is 2.15. The van der Waals surface area contributed by atoms with Gasteiger partial charge in [-0.2, -0.15) is 0 Å². The third-order valence-corrected chi connectivity index (χ3v) is 2.21. The fourth-order valence-electron chi connectivity index (χ4n) is 1.03. The molecule has 0 aliphatic carbocycles. The third kappa shape index (κ3) is 3.66. The molecular formula is C10H12Cl2N2. The fourth-order valence-corrected chi connectivity index (χ4v) is 1.21. The van der Waals surface area contributed by atoms with Crippen molar-refractivity contribution in [2.75, 3.05) is 6.54 Å². The van der Waals surface area contributed by atoms with Crippen LogP contribution in [0.25, 0.3) is 0 Å². The van der Waals surface area contributed by atoms with E-state index in [0.29, 0.717) is 16.7 Å². The molecule has 0 saturated carbocycles. The molecule has 0 radical (unpaired) electrons. The highest BCUT2D eigenvalue weighted by Gasteiger charge is 2.04. The van der Waals surface area contributed by atoms with Crippen LogP contribution in [0, 0.1) is 0 Å². The van der Waals surface area contributed by atoms with Gasteiger partial charge in [0.15, 0.2) is 0 Å². The average molecular weight is 231 g/mol. The molecule has 1 rings (SSSR count). The third-order valence-electron chi connectivity index (χ3n) is 1.85. The van der Waals surface area contributed by atoms with E-state index in [2.05, 4.69) is 16.9 Å². The Labute approximate surface area is 93.9 Å². The van der Waals surface area contributed by atoms with Crippen LogP contribution in [0.1, 0.15) is 18.5 Å². The zero-order chi connectivity index (χ0) is 10.6. The molecule has 0 spiro atoms. The lowest BCUT2D eigenvalue weighted by molar-refractivity contribution is 0.612. The highest BCUT2D eigenvalue weighted by Crippen LogP contribution is 2.13. The van der Waals surface area contributed by atoms with E-state index in [1.807, 2.05) is 13.0 Å². The topological polar surface area (TPSA) is 24.9 Å². The number of nitrogens with one attached hydrogen (secondary N) is 1. The lowest BCUT2D eigenvalue weighted by atomic mass is 10.1. The van der Waals surface area contributed by atoms with Crippen LogP contribution in [0.5, 0.6) is 0 Å². The normalized spacial score (nSPS) is 12.5. The summed E-state index contributed by atoms with van der Waals surface area (Å²) in [7, 11) is 0. The minimum atomic E-state index is 0.190. The minimum absolute atomic E-state index is 0.190. The predicted octanol–water partition coefficient (Wildman–Crippen LogP) is 3.14. The van der Waals surface area contributed by atoms with Crippen molar-refractivity contribution in [1.82, 2.24) is 10.3 Å². The highest BCUT2D eigenvalue weighted by atomic mass is 35.5. The Morgan fingerprint density at radius 2 is 2.36 bits per heavy atom.